The van der Waals surface area contributed by atoms with E-state index in [1.807, 2.05) is 30.3 Å². The van der Waals surface area contributed by atoms with Gasteiger partial charge in [-0.2, -0.15) is 0 Å². The van der Waals surface area contributed by atoms with Crippen LogP contribution in [-0.2, 0) is 4.79 Å². The lowest BCUT2D eigenvalue weighted by molar-refractivity contribution is -0.105. The van der Waals surface area contributed by atoms with E-state index in [0.717, 1.165) is 10.4 Å². The van der Waals surface area contributed by atoms with Crippen LogP contribution in [0.25, 0.3) is 10.4 Å². The Hall–Kier alpha value is -2.70. The monoisotopic (exact) mass is 357 g/mol. The molecule has 0 atom stereocenters. The van der Waals surface area contributed by atoms with Gasteiger partial charge in [0.2, 0.25) is 6.41 Å². The van der Waals surface area contributed by atoms with Gasteiger partial charge in [-0.15, -0.1) is 11.3 Å². The number of nitrogens with zero attached hydrogens (tertiary/aromatic N) is 1. The number of rotatable bonds is 5. The first kappa shape index (κ1) is 16.2. The highest BCUT2D eigenvalue weighted by atomic mass is 35.5. The number of nitrogens with one attached hydrogen (secondary N) is 2. The highest BCUT2D eigenvalue weighted by Crippen LogP contribution is 2.35. The molecule has 0 aliphatic heterocycles. The lowest BCUT2D eigenvalue weighted by atomic mass is 10.2. The van der Waals surface area contributed by atoms with Crippen molar-refractivity contribution in [1.29, 1.82) is 0 Å². The molecular formula is C17H12ClN3O2S. The molecule has 3 rings (SSSR count). The van der Waals surface area contributed by atoms with E-state index < -0.39 is 0 Å². The minimum atomic E-state index is -0.346. The topological polar surface area (TPSA) is 71.1 Å². The van der Waals surface area contributed by atoms with E-state index in [-0.39, 0.29) is 5.91 Å². The average Bonchev–Trinajstić information content (AvgIpc) is 3.02. The average molecular weight is 358 g/mol. The second-order valence-electron chi connectivity index (χ2n) is 4.80. The number of anilines is 2. The standard InChI is InChI=1S/C17H12ClN3O2S/c18-12-6-7-15(19-9-12)21-17(23)16-13(20-10-22)8-14(24-16)11-4-2-1-3-5-11/h1-10H,(H,20,22)(H,19,21,23). The van der Waals surface area contributed by atoms with Crippen molar-refractivity contribution in [3.63, 3.8) is 0 Å². The van der Waals surface area contributed by atoms with Gasteiger partial charge in [-0.1, -0.05) is 41.9 Å². The molecule has 0 aliphatic rings. The van der Waals surface area contributed by atoms with Gasteiger partial charge in [-0.3, -0.25) is 9.59 Å². The Morgan fingerprint density at radius 3 is 2.62 bits per heavy atom. The van der Waals surface area contributed by atoms with Gasteiger partial charge >= 0.3 is 0 Å². The van der Waals surface area contributed by atoms with Gasteiger partial charge in [-0.05, 0) is 23.8 Å². The summed E-state index contributed by atoms with van der Waals surface area (Å²) in [5, 5.41) is 5.75. The number of hydrogen-bond donors (Lipinski definition) is 2. The van der Waals surface area contributed by atoms with Crippen molar-refractivity contribution in [3.05, 3.63) is 64.6 Å². The van der Waals surface area contributed by atoms with Crippen LogP contribution in [0.1, 0.15) is 9.67 Å². The number of benzene rings is 1. The lowest BCUT2D eigenvalue weighted by Crippen LogP contribution is -2.13. The number of carbonyl (C=O) groups excluding carboxylic acids is 2. The first-order chi connectivity index (χ1) is 11.7. The number of hydrogen-bond acceptors (Lipinski definition) is 4. The fourth-order valence-corrected chi connectivity index (χ4v) is 3.23. The Morgan fingerprint density at radius 2 is 1.96 bits per heavy atom. The first-order valence-electron chi connectivity index (χ1n) is 6.99. The molecule has 0 saturated heterocycles. The smallest absolute Gasteiger partial charge is 0.269 e. The van der Waals surface area contributed by atoms with Crippen molar-refractivity contribution < 1.29 is 9.59 Å². The van der Waals surface area contributed by atoms with Crippen molar-refractivity contribution in [2.45, 2.75) is 0 Å². The van der Waals surface area contributed by atoms with Crippen LogP contribution < -0.4 is 10.6 Å². The molecule has 5 nitrogen and oxygen atoms in total. The highest BCUT2D eigenvalue weighted by Gasteiger charge is 2.17. The lowest BCUT2D eigenvalue weighted by Gasteiger charge is -2.04. The largest absolute Gasteiger partial charge is 0.327 e. The van der Waals surface area contributed by atoms with Gasteiger partial charge in [-0.25, -0.2) is 4.98 Å². The van der Waals surface area contributed by atoms with Crippen LogP contribution in [0.15, 0.2) is 54.7 Å². The molecule has 2 N–H and O–H groups in total. The van der Waals surface area contributed by atoms with E-state index in [4.69, 9.17) is 11.6 Å². The maximum Gasteiger partial charge on any atom is 0.269 e. The predicted octanol–water partition coefficient (Wildman–Crippen LogP) is 4.28. The first-order valence-corrected chi connectivity index (χ1v) is 8.19. The van der Waals surface area contributed by atoms with Gasteiger partial charge < -0.3 is 10.6 Å². The zero-order chi connectivity index (χ0) is 16.9. The quantitative estimate of drug-likeness (QED) is 0.669. The van der Waals surface area contributed by atoms with Gasteiger partial charge in [0.25, 0.3) is 5.91 Å². The Kier molecular flexibility index (Phi) is 4.88. The number of aromatic nitrogens is 1. The molecule has 0 saturated carbocycles. The van der Waals surface area contributed by atoms with Crippen LogP contribution in [0.4, 0.5) is 11.5 Å². The Labute approximate surface area is 147 Å². The number of thiophene rings is 1. The van der Waals surface area contributed by atoms with Crippen molar-refractivity contribution >= 4 is 46.8 Å². The summed E-state index contributed by atoms with van der Waals surface area (Å²) in [7, 11) is 0. The molecule has 120 valence electrons. The molecule has 0 unspecified atom stereocenters. The number of halogens is 1. The van der Waals surface area contributed by atoms with Gasteiger partial charge in [0.1, 0.15) is 10.7 Å². The van der Waals surface area contributed by atoms with Crippen LogP contribution in [-0.4, -0.2) is 17.3 Å². The maximum atomic E-state index is 12.5. The summed E-state index contributed by atoms with van der Waals surface area (Å²) in [6.45, 7) is 0. The molecule has 0 bridgehead atoms. The molecule has 3 aromatic rings. The normalized spacial score (nSPS) is 10.2. The van der Waals surface area contributed by atoms with Gasteiger partial charge in [0.15, 0.2) is 0 Å². The number of amides is 2. The van der Waals surface area contributed by atoms with Crippen molar-refractivity contribution in [3.8, 4) is 10.4 Å². The summed E-state index contributed by atoms with van der Waals surface area (Å²) in [5.74, 6) is 0.0393. The van der Waals surface area contributed by atoms with Gasteiger partial charge in [0.05, 0.1) is 10.7 Å². The van der Waals surface area contributed by atoms with E-state index in [1.54, 1.807) is 18.2 Å². The number of pyridine rings is 1. The van der Waals surface area contributed by atoms with Crippen LogP contribution in [0.5, 0.6) is 0 Å². The molecule has 24 heavy (non-hydrogen) atoms. The molecule has 2 aromatic heterocycles. The summed E-state index contributed by atoms with van der Waals surface area (Å²) < 4.78 is 0. The molecule has 2 amide bonds. The van der Waals surface area contributed by atoms with E-state index in [0.29, 0.717) is 27.8 Å². The van der Waals surface area contributed by atoms with Crippen molar-refractivity contribution in [2.24, 2.45) is 0 Å². The zero-order valence-electron chi connectivity index (χ0n) is 12.3. The Morgan fingerprint density at radius 1 is 1.17 bits per heavy atom. The summed E-state index contributed by atoms with van der Waals surface area (Å²) >= 11 is 7.08. The molecular weight excluding hydrogens is 346 g/mol. The third-order valence-corrected chi connectivity index (χ3v) is 4.59. The van der Waals surface area contributed by atoms with E-state index in [2.05, 4.69) is 15.6 Å². The highest BCUT2D eigenvalue weighted by molar-refractivity contribution is 7.18. The molecule has 2 heterocycles. The Bertz CT molecular complexity index is 863. The second kappa shape index (κ2) is 7.25. The fraction of sp³-hybridized carbons (Fsp3) is 0. The van der Waals surface area contributed by atoms with E-state index >= 15 is 0 Å². The molecule has 0 fully saturated rings. The predicted molar refractivity (Wildman–Crippen MR) is 96.6 cm³/mol. The van der Waals surface area contributed by atoms with Gasteiger partial charge in [0, 0.05) is 11.1 Å². The molecule has 0 aliphatic carbocycles. The van der Waals surface area contributed by atoms with E-state index in [1.165, 1.54) is 17.5 Å². The molecule has 0 radical (unpaired) electrons. The minimum Gasteiger partial charge on any atom is -0.327 e. The van der Waals surface area contributed by atoms with Crippen molar-refractivity contribution in [2.75, 3.05) is 10.6 Å². The summed E-state index contributed by atoms with van der Waals surface area (Å²) in [6, 6.07) is 14.7. The summed E-state index contributed by atoms with van der Waals surface area (Å²) in [4.78, 5) is 28.7. The summed E-state index contributed by atoms with van der Waals surface area (Å²) in [5.41, 5.74) is 1.43. The third-order valence-electron chi connectivity index (χ3n) is 3.18. The minimum absolute atomic E-state index is 0.346. The van der Waals surface area contributed by atoms with Crippen molar-refractivity contribution in [1.82, 2.24) is 4.98 Å². The van der Waals surface area contributed by atoms with Crippen LogP contribution >= 0.6 is 22.9 Å². The second-order valence-corrected chi connectivity index (χ2v) is 6.29. The zero-order valence-corrected chi connectivity index (χ0v) is 13.9. The molecule has 0 spiro atoms. The van der Waals surface area contributed by atoms with Crippen LogP contribution in [0.3, 0.4) is 0 Å². The van der Waals surface area contributed by atoms with E-state index in [9.17, 15) is 9.59 Å². The van der Waals surface area contributed by atoms with Crippen LogP contribution in [0, 0.1) is 0 Å². The number of carbonyl (C=O) groups is 2. The third kappa shape index (κ3) is 3.61. The molecule has 1 aromatic carbocycles. The fourth-order valence-electron chi connectivity index (χ4n) is 2.10. The SMILES string of the molecule is O=CNc1cc(-c2ccccc2)sc1C(=O)Nc1ccc(Cl)cn1. The molecule has 7 heteroatoms. The summed E-state index contributed by atoms with van der Waals surface area (Å²) in [6.07, 6.45) is 2.00. The maximum absolute atomic E-state index is 12.5. The Balaban J connectivity index is 1.90. The van der Waals surface area contributed by atoms with Crippen LogP contribution in [0.2, 0.25) is 5.02 Å².